The summed E-state index contributed by atoms with van der Waals surface area (Å²) >= 11 is 16.3. The topological polar surface area (TPSA) is 96.0 Å². The molecule has 0 radical (unpaired) electrons. The van der Waals surface area contributed by atoms with E-state index in [1.165, 1.54) is 17.0 Å². The molecule has 0 heterocycles. The van der Waals surface area contributed by atoms with E-state index in [0.717, 1.165) is 30.0 Å². The molecule has 1 N–H and O–H groups in total. The monoisotopic (exact) mass is 709 g/mol. The lowest BCUT2D eigenvalue weighted by atomic mass is 10.1. The molecule has 3 aromatic rings. The van der Waals surface area contributed by atoms with Crippen molar-refractivity contribution in [3.05, 3.63) is 86.8 Å². The second-order valence-corrected chi connectivity index (χ2v) is 13.9. The zero-order chi connectivity index (χ0) is 31.1. The minimum absolute atomic E-state index is 0.00473. The minimum atomic E-state index is -4.21. The lowest BCUT2D eigenvalue weighted by Gasteiger charge is -2.33. The van der Waals surface area contributed by atoms with E-state index in [1.807, 2.05) is 6.92 Å². The molecular formula is C31H34BrCl2N3O5S. The van der Waals surface area contributed by atoms with Crippen LogP contribution in [-0.4, -0.2) is 50.4 Å². The third-order valence-corrected chi connectivity index (χ3v) is 10.4. The lowest BCUT2D eigenvalue weighted by Crippen LogP contribution is -2.52. The average Bonchev–Trinajstić information content (AvgIpc) is 3.49. The Kier molecular flexibility index (Phi) is 11.4. The van der Waals surface area contributed by atoms with Gasteiger partial charge in [0.2, 0.25) is 11.8 Å². The van der Waals surface area contributed by atoms with E-state index in [9.17, 15) is 18.0 Å². The Bertz CT molecular complexity index is 1510. The maximum Gasteiger partial charge on any atom is 0.264 e. The van der Waals surface area contributed by atoms with Gasteiger partial charge in [-0.15, -0.1) is 0 Å². The molecule has 1 saturated carbocycles. The molecule has 0 aliphatic heterocycles. The summed E-state index contributed by atoms with van der Waals surface area (Å²) in [5.41, 5.74) is 0.724. The highest BCUT2D eigenvalue weighted by molar-refractivity contribution is 9.10. The molecule has 2 amide bonds. The number of benzene rings is 3. The van der Waals surface area contributed by atoms with Crippen molar-refractivity contribution in [2.24, 2.45) is 0 Å². The molecule has 0 bridgehead atoms. The van der Waals surface area contributed by atoms with Crippen molar-refractivity contribution in [1.29, 1.82) is 0 Å². The number of nitrogens with zero attached hydrogens (tertiary/aromatic N) is 2. The number of sulfonamides is 1. The Morgan fingerprint density at radius 3 is 2.19 bits per heavy atom. The molecule has 1 fully saturated rings. The number of ether oxygens (including phenoxy) is 1. The molecule has 4 rings (SSSR count). The number of rotatable bonds is 12. The number of carbonyl (C=O) groups is 2. The van der Waals surface area contributed by atoms with Gasteiger partial charge in [0, 0.05) is 32.7 Å². The van der Waals surface area contributed by atoms with Gasteiger partial charge in [-0.1, -0.05) is 58.0 Å². The third-order valence-electron chi connectivity index (χ3n) is 7.38. The summed E-state index contributed by atoms with van der Waals surface area (Å²) in [4.78, 5) is 28.9. The van der Waals surface area contributed by atoms with Crippen molar-refractivity contribution in [1.82, 2.24) is 10.2 Å². The fourth-order valence-electron chi connectivity index (χ4n) is 4.97. The van der Waals surface area contributed by atoms with Crippen molar-refractivity contribution in [2.75, 3.05) is 17.5 Å². The van der Waals surface area contributed by atoms with E-state index in [2.05, 4.69) is 21.2 Å². The summed E-state index contributed by atoms with van der Waals surface area (Å²) in [5, 5.41) is 3.71. The zero-order valence-corrected chi connectivity index (χ0v) is 27.8. The molecule has 230 valence electrons. The Morgan fingerprint density at radius 2 is 1.60 bits per heavy atom. The molecule has 1 aliphatic carbocycles. The van der Waals surface area contributed by atoms with Crippen LogP contribution < -0.4 is 14.4 Å². The highest BCUT2D eigenvalue weighted by Crippen LogP contribution is 2.30. The zero-order valence-electron chi connectivity index (χ0n) is 23.9. The normalized spacial score (nSPS) is 14.3. The predicted octanol–water partition coefficient (Wildman–Crippen LogP) is 6.83. The number of nitrogens with one attached hydrogen (secondary N) is 1. The molecule has 0 unspecified atom stereocenters. The summed E-state index contributed by atoms with van der Waals surface area (Å²) in [7, 11) is -4.21. The van der Waals surface area contributed by atoms with Gasteiger partial charge in [0.05, 0.1) is 17.2 Å². The van der Waals surface area contributed by atoms with Crippen LogP contribution in [0, 0.1) is 0 Å². The molecule has 0 saturated heterocycles. The minimum Gasteiger partial charge on any atom is -0.494 e. The fraction of sp³-hybridized carbons (Fsp3) is 0.355. The summed E-state index contributed by atoms with van der Waals surface area (Å²) in [5.74, 6) is -0.364. The Hall–Kier alpha value is -2.79. The smallest absolute Gasteiger partial charge is 0.264 e. The van der Waals surface area contributed by atoms with Gasteiger partial charge in [-0.3, -0.25) is 13.9 Å². The molecule has 43 heavy (non-hydrogen) atoms. The molecule has 0 spiro atoms. The number of hydrogen-bond donors (Lipinski definition) is 1. The molecule has 1 aliphatic rings. The number of amides is 2. The highest BCUT2D eigenvalue weighted by atomic mass is 79.9. The van der Waals surface area contributed by atoms with Crippen LogP contribution in [0.4, 0.5) is 5.69 Å². The van der Waals surface area contributed by atoms with E-state index in [0.29, 0.717) is 32.4 Å². The van der Waals surface area contributed by atoms with Crippen LogP contribution >= 0.6 is 39.1 Å². The van der Waals surface area contributed by atoms with Crippen LogP contribution in [-0.2, 0) is 26.2 Å². The first-order valence-corrected chi connectivity index (χ1v) is 17.0. The SMILES string of the molecule is CCOc1ccc(N(CC(=O)N(Cc2c(Cl)cccc2Cl)[C@@H](C)C(=O)NC2CCCC2)S(=O)(=O)c2ccc(Br)cc2)cc1. The van der Waals surface area contributed by atoms with Crippen LogP contribution in [0.25, 0.3) is 0 Å². The van der Waals surface area contributed by atoms with Crippen molar-refractivity contribution >= 4 is 66.7 Å². The van der Waals surface area contributed by atoms with Gasteiger partial charge in [0.25, 0.3) is 10.0 Å². The maximum atomic E-state index is 14.2. The standard InChI is InChI=1S/C31H34BrCl2N3O5S/c1-3-42-25-15-13-24(14-16-25)37(43(40,41)26-17-11-22(32)12-18-26)20-30(38)36(19-27-28(33)9-6-10-29(27)34)21(2)31(39)35-23-7-4-5-8-23/h6,9-18,21,23H,3-5,7-8,19-20H2,1-2H3,(H,35,39)/t21-/m0/s1. The lowest BCUT2D eigenvalue weighted by molar-refractivity contribution is -0.139. The maximum absolute atomic E-state index is 14.2. The molecule has 0 aromatic heterocycles. The Labute approximate surface area is 271 Å². The summed E-state index contributed by atoms with van der Waals surface area (Å²) in [6.45, 7) is 3.25. The van der Waals surface area contributed by atoms with E-state index in [1.54, 1.807) is 61.5 Å². The summed E-state index contributed by atoms with van der Waals surface area (Å²) < 4.78 is 35.3. The first kappa shape index (κ1) is 33.1. The molecule has 1 atom stereocenters. The molecular weight excluding hydrogens is 677 g/mol. The Morgan fingerprint density at radius 1 is 1.00 bits per heavy atom. The average molecular weight is 712 g/mol. The van der Waals surface area contributed by atoms with E-state index in [4.69, 9.17) is 27.9 Å². The summed E-state index contributed by atoms with van der Waals surface area (Å²) in [6, 6.07) is 16.7. The first-order chi connectivity index (χ1) is 20.5. The van der Waals surface area contributed by atoms with Gasteiger partial charge in [-0.05, 0) is 87.4 Å². The summed E-state index contributed by atoms with van der Waals surface area (Å²) in [6.07, 6.45) is 3.81. The molecule has 3 aromatic carbocycles. The second kappa shape index (κ2) is 14.8. The van der Waals surface area contributed by atoms with Gasteiger partial charge >= 0.3 is 0 Å². The third kappa shape index (κ3) is 8.23. The van der Waals surface area contributed by atoms with Gasteiger partial charge in [-0.2, -0.15) is 0 Å². The Balaban J connectivity index is 1.72. The van der Waals surface area contributed by atoms with Gasteiger partial charge in [0.15, 0.2) is 0 Å². The van der Waals surface area contributed by atoms with Crippen molar-refractivity contribution < 1.29 is 22.7 Å². The van der Waals surface area contributed by atoms with Crippen molar-refractivity contribution in [3.8, 4) is 5.75 Å². The van der Waals surface area contributed by atoms with Gasteiger partial charge < -0.3 is 15.0 Å². The van der Waals surface area contributed by atoms with Gasteiger partial charge in [-0.25, -0.2) is 8.42 Å². The van der Waals surface area contributed by atoms with E-state index in [-0.39, 0.29) is 29.1 Å². The van der Waals surface area contributed by atoms with Crippen molar-refractivity contribution in [2.45, 2.75) is 63.1 Å². The van der Waals surface area contributed by atoms with Crippen LogP contribution in [0.5, 0.6) is 5.75 Å². The highest BCUT2D eigenvalue weighted by Gasteiger charge is 2.34. The predicted molar refractivity (Wildman–Crippen MR) is 173 cm³/mol. The fourth-order valence-corrected chi connectivity index (χ4v) is 7.16. The molecule has 12 heteroatoms. The molecule has 8 nitrogen and oxygen atoms in total. The quantitative estimate of drug-likeness (QED) is 0.223. The van der Waals surface area contributed by atoms with Crippen molar-refractivity contribution in [3.63, 3.8) is 0 Å². The van der Waals surface area contributed by atoms with E-state index >= 15 is 0 Å². The van der Waals surface area contributed by atoms with E-state index < -0.39 is 28.5 Å². The van der Waals surface area contributed by atoms with Crippen LogP contribution in [0.15, 0.2) is 76.1 Å². The van der Waals surface area contributed by atoms with Crippen LogP contribution in [0.1, 0.15) is 45.1 Å². The number of hydrogen-bond acceptors (Lipinski definition) is 5. The van der Waals surface area contributed by atoms with Crippen LogP contribution in [0.2, 0.25) is 10.0 Å². The first-order valence-electron chi connectivity index (χ1n) is 14.0. The number of halogens is 3. The largest absolute Gasteiger partial charge is 0.494 e. The second-order valence-electron chi connectivity index (χ2n) is 10.3. The van der Waals surface area contributed by atoms with Gasteiger partial charge in [0.1, 0.15) is 18.3 Å². The number of carbonyl (C=O) groups excluding carboxylic acids is 2. The number of anilines is 1. The van der Waals surface area contributed by atoms with Crippen LogP contribution in [0.3, 0.4) is 0 Å².